The van der Waals surface area contributed by atoms with Gasteiger partial charge >= 0.3 is 0 Å². The number of phenolic OH excluding ortho intramolecular Hbond substituents is 1. The highest BCUT2D eigenvalue weighted by atomic mass is 16.5. The number of hydrogen-bond acceptors (Lipinski definition) is 5. The molecule has 0 fully saturated rings. The fourth-order valence-electron chi connectivity index (χ4n) is 6.86. The van der Waals surface area contributed by atoms with Crippen LogP contribution in [-0.4, -0.2) is 35.2 Å². The minimum Gasteiger partial charge on any atom is -0.504 e. The third kappa shape index (κ3) is 5.14. The normalized spacial score (nSPS) is 20.4. The summed E-state index contributed by atoms with van der Waals surface area (Å²) in [6, 6.07) is 14.1. The summed E-state index contributed by atoms with van der Waals surface area (Å²) in [5.74, 6) is 0.132. The van der Waals surface area contributed by atoms with E-state index in [9.17, 15) is 14.7 Å². The molecular formula is C35H41NO4. The first-order chi connectivity index (χ1) is 18.9. The molecule has 210 valence electrons. The van der Waals surface area contributed by atoms with Crippen LogP contribution >= 0.6 is 0 Å². The van der Waals surface area contributed by atoms with Gasteiger partial charge in [-0.3, -0.25) is 9.59 Å². The van der Waals surface area contributed by atoms with Gasteiger partial charge in [-0.15, -0.1) is 6.58 Å². The maximum absolute atomic E-state index is 14.1. The molecule has 5 nitrogen and oxygen atoms in total. The largest absolute Gasteiger partial charge is 0.504 e. The Morgan fingerprint density at radius 3 is 2.05 bits per heavy atom. The van der Waals surface area contributed by atoms with Crippen molar-refractivity contribution in [2.75, 3.05) is 13.7 Å². The maximum Gasteiger partial charge on any atom is 0.162 e. The zero-order valence-corrected chi connectivity index (χ0v) is 24.5. The van der Waals surface area contributed by atoms with Crippen molar-refractivity contribution in [1.29, 1.82) is 0 Å². The fourth-order valence-corrected chi connectivity index (χ4v) is 6.86. The molecule has 5 rings (SSSR count). The van der Waals surface area contributed by atoms with Crippen LogP contribution in [0.2, 0.25) is 0 Å². The number of carbonyl (C=O) groups is 2. The van der Waals surface area contributed by atoms with Crippen molar-refractivity contribution in [3.63, 3.8) is 0 Å². The Morgan fingerprint density at radius 1 is 0.950 bits per heavy atom. The molecule has 0 bridgehead atoms. The van der Waals surface area contributed by atoms with Crippen LogP contribution in [0, 0.1) is 10.8 Å². The molecule has 1 heterocycles. The number of phenols is 1. The SMILES string of the molecule is C=CCc1cc(C2C3=C(CC(C)(C)CC3=O)N(CCc3ccccc3)C3=C2C(=O)CC(C)(C)C3)cc(OC)c1O. The molecule has 0 unspecified atom stereocenters. The van der Waals surface area contributed by atoms with E-state index in [0.717, 1.165) is 47.4 Å². The number of Topliss-reactive ketones (excluding diaryl/α,β-unsaturated/α-hetero) is 2. The highest BCUT2D eigenvalue weighted by Crippen LogP contribution is 2.55. The Balaban J connectivity index is 1.75. The number of carbonyl (C=O) groups excluding carboxylic acids is 2. The van der Waals surface area contributed by atoms with Crippen molar-refractivity contribution in [3.05, 3.63) is 94.4 Å². The van der Waals surface area contributed by atoms with Gasteiger partial charge in [0.25, 0.3) is 0 Å². The van der Waals surface area contributed by atoms with Crippen LogP contribution in [0.25, 0.3) is 0 Å². The first-order valence-electron chi connectivity index (χ1n) is 14.3. The number of ether oxygens (including phenoxy) is 1. The number of ketones is 2. The zero-order valence-electron chi connectivity index (χ0n) is 24.5. The Kier molecular flexibility index (Phi) is 7.28. The van der Waals surface area contributed by atoms with Gasteiger partial charge in [-0.1, -0.05) is 70.2 Å². The van der Waals surface area contributed by atoms with Crippen LogP contribution in [0.1, 0.15) is 76.0 Å². The molecule has 40 heavy (non-hydrogen) atoms. The first kappa shape index (κ1) is 27.9. The van der Waals surface area contributed by atoms with E-state index in [4.69, 9.17) is 4.74 Å². The third-order valence-corrected chi connectivity index (χ3v) is 8.58. The summed E-state index contributed by atoms with van der Waals surface area (Å²) in [7, 11) is 1.53. The van der Waals surface area contributed by atoms with Crippen molar-refractivity contribution in [1.82, 2.24) is 4.90 Å². The summed E-state index contributed by atoms with van der Waals surface area (Å²) in [6.07, 6.45) is 5.41. The van der Waals surface area contributed by atoms with Crippen LogP contribution in [0.15, 0.2) is 77.7 Å². The lowest BCUT2D eigenvalue weighted by molar-refractivity contribution is -0.119. The molecule has 0 aromatic heterocycles. The summed E-state index contributed by atoms with van der Waals surface area (Å²) in [6.45, 7) is 13.2. The molecule has 0 saturated carbocycles. The molecule has 2 aliphatic carbocycles. The summed E-state index contributed by atoms with van der Waals surface area (Å²) in [5, 5.41) is 10.8. The van der Waals surface area contributed by atoms with Gasteiger partial charge in [0.15, 0.2) is 23.1 Å². The molecule has 3 aliphatic rings. The number of nitrogens with zero attached hydrogens (tertiary/aromatic N) is 1. The maximum atomic E-state index is 14.1. The van der Waals surface area contributed by atoms with Crippen LogP contribution in [0.4, 0.5) is 0 Å². The van der Waals surface area contributed by atoms with E-state index in [2.05, 4.69) is 63.4 Å². The van der Waals surface area contributed by atoms with Crippen LogP contribution < -0.4 is 4.74 Å². The smallest absolute Gasteiger partial charge is 0.162 e. The molecule has 0 atom stereocenters. The molecule has 0 spiro atoms. The minimum atomic E-state index is -0.483. The van der Waals surface area contributed by atoms with Gasteiger partial charge < -0.3 is 14.7 Å². The second-order valence-corrected chi connectivity index (χ2v) is 13.1. The van der Waals surface area contributed by atoms with E-state index >= 15 is 0 Å². The molecule has 0 saturated heterocycles. The van der Waals surface area contributed by atoms with E-state index in [-0.39, 0.29) is 28.1 Å². The highest BCUT2D eigenvalue weighted by Gasteiger charge is 2.49. The number of benzene rings is 2. The fraction of sp³-hybridized carbons (Fsp3) is 0.429. The van der Waals surface area contributed by atoms with Crippen molar-refractivity contribution in [3.8, 4) is 11.5 Å². The Morgan fingerprint density at radius 2 is 1.52 bits per heavy atom. The Labute approximate surface area is 238 Å². The third-order valence-electron chi connectivity index (χ3n) is 8.58. The molecule has 2 aromatic carbocycles. The number of allylic oxidation sites excluding steroid dienone is 5. The number of aromatic hydroxyl groups is 1. The van der Waals surface area contributed by atoms with Crippen LogP contribution in [0.3, 0.4) is 0 Å². The van der Waals surface area contributed by atoms with Gasteiger partial charge in [0.1, 0.15) is 0 Å². The van der Waals surface area contributed by atoms with E-state index in [1.54, 1.807) is 6.08 Å². The van der Waals surface area contributed by atoms with Gasteiger partial charge in [-0.25, -0.2) is 0 Å². The standard InChI is InChI=1S/C35H41NO4/c1-7-11-23-16-24(17-29(40-6)33(23)39)30-31-25(18-34(2,3)20-27(31)37)36(15-14-22-12-9-8-10-13-22)26-19-35(4,5)21-28(38)32(26)30/h7-10,12-13,16-17,30,39H,1,11,14-15,18-21H2,2-6H3. The van der Waals surface area contributed by atoms with Gasteiger partial charge in [0, 0.05) is 53.4 Å². The second kappa shape index (κ2) is 10.4. The summed E-state index contributed by atoms with van der Waals surface area (Å²) in [4.78, 5) is 30.5. The number of methoxy groups -OCH3 is 1. The van der Waals surface area contributed by atoms with Crippen molar-refractivity contribution < 1.29 is 19.4 Å². The summed E-state index contributed by atoms with van der Waals surface area (Å²) >= 11 is 0. The Hall–Kier alpha value is -3.60. The van der Waals surface area contributed by atoms with E-state index in [1.807, 2.05) is 18.2 Å². The second-order valence-electron chi connectivity index (χ2n) is 13.1. The van der Waals surface area contributed by atoms with Crippen LogP contribution in [0.5, 0.6) is 11.5 Å². The predicted octanol–water partition coefficient (Wildman–Crippen LogP) is 7.06. The van der Waals surface area contributed by atoms with Crippen LogP contribution in [-0.2, 0) is 22.4 Å². The summed E-state index contributed by atoms with van der Waals surface area (Å²) in [5.41, 5.74) is 5.91. The summed E-state index contributed by atoms with van der Waals surface area (Å²) < 4.78 is 5.57. The monoisotopic (exact) mass is 539 g/mol. The van der Waals surface area contributed by atoms with Gasteiger partial charge in [-0.05, 0) is 53.7 Å². The topological polar surface area (TPSA) is 66.8 Å². The number of hydrogen-bond donors (Lipinski definition) is 1. The molecule has 1 aliphatic heterocycles. The van der Waals surface area contributed by atoms with Gasteiger partial charge in [0.05, 0.1) is 7.11 Å². The quantitative estimate of drug-likeness (QED) is 0.382. The average molecular weight is 540 g/mol. The van der Waals surface area contributed by atoms with E-state index < -0.39 is 5.92 Å². The van der Waals surface area contributed by atoms with Gasteiger partial charge in [0.2, 0.25) is 0 Å². The van der Waals surface area contributed by atoms with E-state index in [1.165, 1.54) is 12.7 Å². The van der Waals surface area contributed by atoms with E-state index in [0.29, 0.717) is 37.1 Å². The van der Waals surface area contributed by atoms with Crippen molar-refractivity contribution in [2.24, 2.45) is 10.8 Å². The number of rotatable bonds is 7. The lowest BCUT2D eigenvalue weighted by Gasteiger charge is -2.49. The molecule has 5 heteroatoms. The lowest BCUT2D eigenvalue weighted by Crippen LogP contribution is -2.45. The van der Waals surface area contributed by atoms with Crippen molar-refractivity contribution in [2.45, 2.75) is 72.1 Å². The zero-order chi connectivity index (χ0) is 28.8. The molecular weight excluding hydrogens is 498 g/mol. The molecule has 0 radical (unpaired) electrons. The van der Waals surface area contributed by atoms with Crippen molar-refractivity contribution >= 4 is 11.6 Å². The average Bonchev–Trinajstić information content (AvgIpc) is 2.87. The Bertz CT molecular complexity index is 1370. The lowest BCUT2D eigenvalue weighted by atomic mass is 9.63. The highest BCUT2D eigenvalue weighted by molar-refractivity contribution is 6.06. The van der Waals surface area contributed by atoms with Gasteiger partial charge in [-0.2, -0.15) is 0 Å². The molecule has 2 aromatic rings. The predicted molar refractivity (Wildman–Crippen MR) is 158 cm³/mol. The molecule has 1 N–H and O–H groups in total. The molecule has 0 amide bonds. The minimum absolute atomic E-state index is 0.0714. The first-order valence-corrected chi connectivity index (χ1v) is 14.3.